The summed E-state index contributed by atoms with van der Waals surface area (Å²) < 4.78 is 37.5. The molecule has 0 heterocycles. The predicted molar refractivity (Wildman–Crippen MR) is 89.8 cm³/mol. The standard InChI is InChI=1S/C16H18N2O5S/c1-17-16(19)11-23-13-6-8-15(9-7-13)24(20,21)18-12-4-3-5-14(10-12)22-2/h3-10,18H,11H2,1-2H3,(H,17,19). The molecule has 0 radical (unpaired) electrons. The number of methoxy groups -OCH3 is 1. The van der Waals surface area contributed by atoms with E-state index in [1.165, 1.54) is 38.4 Å². The lowest BCUT2D eigenvalue weighted by molar-refractivity contribution is -0.122. The molecule has 0 aliphatic rings. The van der Waals surface area contributed by atoms with Crippen molar-refractivity contribution in [3.05, 3.63) is 48.5 Å². The van der Waals surface area contributed by atoms with Crippen LogP contribution in [0.2, 0.25) is 0 Å². The van der Waals surface area contributed by atoms with Gasteiger partial charge in [0.15, 0.2) is 6.61 Å². The summed E-state index contributed by atoms with van der Waals surface area (Å²) in [6.45, 7) is -0.134. The van der Waals surface area contributed by atoms with E-state index in [2.05, 4.69) is 10.0 Å². The fourth-order valence-corrected chi connectivity index (χ4v) is 2.89. The molecule has 128 valence electrons. The van der Waals surface area contributed by atoms with E-state index in [-0.39, 0.29) is 17.4 Å². The van der Waals surface area contributed by atoms with Gasteiger partial charge >= 0.3 is 0 Å². The van der Waals surface area contributed by atoms with Gasteiger partial charge in [-0.15, -0.1) is 0 Å². The minimum absolute atomic E-state index is 0.0811. The molecule has 0 bridgehead atoms. The van der Waals surface area contributed by atoms with Crippen molar-refractivity contribution in [2.45, 2.75) is 4.90 Å². The smallest absolute Gasteiger partial charge is 0.261 e. The zero-order valence-corrected chi connectivity index (χ0v) is 14.1. The van der Waals surface area contributed by atoms with Gasteiger partial charge < -0.3 is 14.8 Å². The van der Waals surface area contributed by atoms with Crippen molar-refractivity contribution >= 4 is 21.6 Å². The quantitative estimate of drug-likeness (QED) is 0.791. The van der Waals surface area contributed by atoms with Crippen molar-refractivity contribution < 1.29 is 22.7 Å². The Labute approximate surface area is 140 Å². The highest BCUT2D eigenvalue weighted by Crippen LogP contribution is 2.22. The Kier molecular flexibility index (Phi) is 5.64. The van der Waals surface area contributed by atoms with Crippen LogP contribution in [-0.4, -0.2) is 35.1 Å². The molecule has 0 atom stereocenters. The van der Waals surface area contributed by atoms with Crippen LogP contribution in [0.3, 0.4) is 0 Å². The molecule has 1 amide bonds. The van der Waals surface area contributed by atoms with Crippen molar-refractivity contribution in [2.75, 3.05) is 25.5 Å². The molecule has 0 spiro atoms. The van der Waals surface area contributed by atoms with Crippen LogP contribution in [0.5, 0.6) is 11.5 Å². The molecule has 0 saturated carbocycles. The number of likely N-dealkylation sites (N-methyl/N-ethyl adjacent to an activating group) is 1. The third kappa shape index (κ3) is 4.63. The lowest BCUT2D eigenvalue weighted by Crippen LogP contribution is -2.24. The molecule has 0 aliphatic heterocycles. The lowest BCUT2D eigenvalue weighted by Gasteiger charge is -2.10. The maximum atomic E-state index is 12.4. The zero-order chi connectivity index (χ0) is 17.6. The molecule has 0 saturated heterocycles. The minimum atomic E-state index is -3.73. The third-order valence-corrected chi connectivity index (χ3v) is 4.50. The zero-order valence-electron chi connectivity index (χ0n) is 13.3. The third-order valence-electron chi connectivity index (χ3n) is 3.10. The molecule has 24 heavy (non-hydrogen) atoms. The number of carbonyl (C=O) groups excluding carboxylic acids is 1. The van der Waals surface area contributed by atoms with E-state index in [0.717, 1.165) is 0 Å². The minimum Gasteiger partial charge on any atom is -0.497 e. The summed E-state index contributed by atoms with van der Waals surface area (Å²) in [7, 11) is -0.721. The van der Waals surface area contributed by atoms with Gasteiger partial charge in [-0.25, -0.2) is 8.42 Å². The van der Waals surface area contributed by atoms with Crippen molar-refractivity contribution in [3.8, 4) is 11.5 Å². The summed E-state index contributed by atoms with van der Waals surface area (Å²) >= 11 is 0. The summed E-state index contributed by atoms with van der Waals surface area (Å²) in [6.07, 6.45) is 0. The molecule has 0 aliphatic carbocycles. The first-order valence-corrected chi connectivity index (χ1v) is 8.53. The molecule has 0 unspecified atom stereocenters. The first-order valence-electron chi connectivity index (χ1n) is 7.05. The monoisotopic (exact) mass is 350 g/mol. The van der Waals surface area contributed by atoms with Crippen LogP contribution >= 0.6 is 0 Å². The average molecular weight is 350 g/mol. The van der Waals surface area contributed by atoms with Crippen LogP contribution < -0.4 is 19.5 Å². The van der Waals surface area contributed by atoms with E-state index in [9.17, 15) is 13.2 Å². The molecular weight excluding hydrogens is 332 g/mol. The number of hydrogen-bond donors (Lipinski definition) is 2. The second-order valence-corrected chi connectivity index (χ2v) is 6.45. The van der Waals surface area contributed by atoms with Gasteiger partial charge in [0.25, 0.3) is 15.9 Å². The summed E-state index contributed by atoms with van der Waals surface area (Å²) in [6, 6.07) is 12.4. The van der Waals surface area contributed by atoms with Gasteiger partial charge in [-0.3, -0.25) is 9.52 Å². The fourth-order valence-electron chi connectivity index (χ4n) is 1.84. The van der Waals surface area contributed by atoms with Crippen LogP contribution in [-0.2, 0) is 14.8 Å². The first kappa shape index (κ1) is 17.6. The van der Waals surface area contributed by atoms with Gasteiger partial charge in [-0.05, 0) is 36.4 Å². The normalized spacial score (nSPS) is 10.8. The van der Waals surface area contributed by atoms with Gasteiger partial charge in [-0.2, -0.15) is 0 Å². The molecule has 2 aromatic carbocycles. The molecule has 2 aromatic rings. The second-order valence-electron chi connectivity index (χ2n) is 4.77. The van der Waals surface area contributed by atoms with Gasteiger partial charge in [0.1, 0.15) is 11.5 Å². The molecule has 0 aromatic heterocycles. The number of sulfonamides is 1. The average Bonchev–Trinajstić information content (AvgIpc) is 2.59. The summed E-state index contributed by atoms with van der Waals surface area (Å²) in [4.78, 5) is 11.2. The lowest BCUT2D eigenvalue weighted by atomic mass is 10.3. The molecule has 2 N–H and O–H groups in total. The van der Waals surface area contributed by atoms with E-state index < -0.39 is 10.0 Å². The van der Waals surface area contributed by atoms with Gasteiger partial charge in [0.05, 0.1) is 17.7 Å². The van der Waals surface area contributed by atoms with Crippen LogP contribution in [0.1, 0.15) is 0 Å². The summed E-state index contributed by atoms with van der Waals surface area (Å²) in [5, 5.41) is 2.43. The number of hydrogen-bond acceptors (Lipinski definition) is 5. The Hall–Kier alpha value is -2.74. The molecule has 2 rings (SSSR count). The Morgan fingerprint density at radius 2 is 1.79 bits per heavy atom. The first-order chi connectivity index (χ1) is 11.4. The van der Waals surface area contributed by atoms with Crippen molar-refractivity contribution in [1.82, 2.24) is 5.32 Å². The Bertz CT molecular complexity index is 803. The Balaban J connectivity index is 2.10. The highest BCUT2D eigenvalue weighted by Gasteiger charge is 2.14. The SMILES string of the molecule is CNC(=O)COc1ccc(S(=O)(=O)Nc2cccc(OC)c2)cc1. The second kappa shape index (κ2) is 7.69. The fraction of sp³-hybridized carbons (Fsp3) is 0.188. The van der Waals surface area contributed by atoms with Crippen LogP contribution in [0.4, 0.5) is 5.69 Å². The Morgan fingerprint density at radius 3 is 2.42 bits per heavy atom. The number of ether oxygens (including phenoxy) is 2. The van der Waals surface area contributed by atoms with E-state index >= 15 is 0 Å². The maximum Gasteiger partial charge on any atom is 0.261 e. The van der Waals surface area contributed by atoms with E-state index in [4.69, 9.17) is 9.47 Å². The van der Waals surface area contributed by atoms with Gasteiger partial charge in [-0.1, -0.05) is 6.07 Å². The number of benzene rings is 2. The number of anilines is 1. The summed E-state index contributed by atoms with van der Waals surface area (Å²) in [5.74, 6) is 0.679. The van der Waals surface area contributed by atoms with Gasteiger partial charge in [0, 0.05) is 13.1 Å². The number of rotatable bonds is 7. The number of carbonyl (C=O) groups is 1. The topological polar surface area (TPSA) is 93.7 Å². The van der Waals surface area contributed by atoms with Gasteiger partial charge in [0.2, 0.25) is 0 Å². The van der Waals surface area contributed by atoms with Crippen molar-refractivity contribution in [3.63, 3.8) is 0 Å². The molecule has 8 heteroatoms. The highest BCUT2D eigenvalue weighted by molar-refractivity contribution is 7.92. The van der Waals surface area contributed by atoms with Crippen molar-refractivity contribution in [1.29, 1.82) is 0 Å². The van der Waals surface area contributed by atoms with Crippen LogP contribution in [0.25, 0.3) is 0 Å². The molecule has 0 fully saturated rings. The summed E-state index contributed by atoms with van der Waals surface area (Å²) in [5.41, 5.74) is 0.397. The van der Waals surface area contributed by atoms with E-state index in [1.807, 2.05) is 0 Å². The van der Waals surface area contributed by atoms with Crippen LogP contribution in [0, 0.1) is 0 Å². The highest BCUT2D eigenvalue weighted by atomic mass is 32.2. The molecular formula is C16H18N2O5S. The number of nitrogens with one attached hydrogen (secondary N) is 2. The maximum absolute atomic E-state index is 12.4. The predicted octanol–water partition coefficient (Wildman–Crippen LogP) is 1.62. The largest absolute Gasteiger partial charge is 0.497 e. The Morgan fingerprint density at radius 1 is 1.08 bits per heavy atom. The molecule has 7 nitrogen and oxygen atoms in total. The van der Waals surface area contributed by atoms with E-state index in [0.29, 0.717) is 17.2 Å². The van der Waals surface area contributed by atoms with Crippen LogP contribution in [0.15, 0.2) is 53.4 Å². The van der Waals surface area contributed by atoms with Crippen molar-refractivity contribution in [2.24, 2.45) is 0 Å². The number of amides is 1. The van der Waals surface area contributed by atoms with E-state index in [1.54, 1.807) is 24.3 Å².